The molecule has 2 rings (SSSR count). The third kappa shape index (κ3) is 3.64. The Labute approximate surface area is 117 Å². The van der Waals surface area contributed by atoms with Gasteiger partial charge in [0, 0.05) is 29.6 Å². The first-order valence-electron chi connectivity index (χ1n) is 6.01. The van der Waals surface area contributed by atoms with Crippen molar-refractivity contribution in [2.24, 2.45) is 0 Å². The van der Waals surface area contributed by atoms with Crippen LogP contribution >= 0.6 is 23.4 Å². The molecular formula is C13H17ClN2OS. The highest BCUT2D eigenvalue weighted by Gasteiger charge is 2.22. The summed E-state index contributed by atoms with van der Waals surface area (Å²) in [5.41, 5.74) is 0. The number of halogens is 1. The summed E-state index contributed by atoms with van der Waals surface area (Å²) in [7, 11) is 1.89. The Morgan fingerprint density at radius 3 is 2.83 bits per heavy atom. The van der Waals surface area contributed by atoms with E-state index in [2.05, 4.69) is 5.32 Å². The zero-order chi connectivity index (χ0) is 13.0. The predicted octanol–water partition coefficient (Wildman–Crippen LogP) is 2.25. The third-order valence-electron chi connectivity index (χ3n) is 3.15. The van der Waals surface area contributed by atoms with Gasteiger partial charge in [-0.25, -0.2) is 0 Å². The maximum Gasteiger partial charge on any atom is 0.232 e. The van der Waals surface area contributed by atoms with E-state index >= 15 is 0 Å². The molecule has 1 N–H and O–H groups in total. The topological polar surface area (TPSA) is 32.3 Å². The van der Waals surface area contributed by atoms with Gasteiger partial charge in [0.2, 0.25) is 5.91 Å². The van der Waals surface area contributed by atoms with Gasteiger partial charge in [0.05, 0.1) is 5.75 Å². The lowest BCUT2D eigenvalue weighted by Gasteiger charge is -2.23. The monoisotopic (exact) mass is 284 g/mol. The number of hydrogen-bond donors (Lipinski definition) is 1. The summed E-state index contributed by atoms with van der Waals surface area (Å²) in [4.78, 5) is 15.0. The number of amides is 1. The molecule has 0 aliphatic carbocycles. The highest BCUT2D eigenvalue weighted by Crippen LogP contribution is 2.21. The van der Waals surface area contributed by atoms with Crippen molar-refractivity contribution in [3.05, 3.63) is 29.3 Å². The molecule has 1 aliphatic heterocycles. The number of carbonyl (C=O) groups excluding carboxylic acids is 1. The number of rotatable bonds is 4. The van der Waals surface area contributed by atoms with Gasteiger partial charge in [-0.15, -0.1) is 11.8 Å². The summed E-state index contributed by atoms with van der Waals surface area (Å²) in [5.74, 6) is 0.665. The third-order valence-corrected chi connectivity index (χ3v) is 4.40. The molecule has 1 aliphatic rings. The molecule has 5 heteroatoms. The Hall–Kier alpha value is -0.710. The maximum absolute atomic E-state index is 12.0. The summed E-state index contributed by atoms with van der Waals surface area (Å²) < 4.78 is 0. The van der Waals surface area contributed by atoms with Gasteiger partial charge in [0.1, 0.15) is 0 Å². The first-order chi connectivity index (χ1) is 8.66. The van der Waals surface area contributed by atoms with E-state index in [0.717, 1.165) is 29.4 Å². The van der Waals surface area contributed by atoms with Gasteiger partial charge in [-0.05, 0) is 37.2 Å². The van der Waals surface area contributed by atoms with Crippen LogP contribution in [0.3, 0.4) is 0 Å². The summed E-state index contributed by atoms with van der Waals surface area (Å²) in [6.07, 6.45) is 1.05. The average Bonchev–Trinajstić information content (AvgIpc) is 2.90. The van der Waals surface area contributed by atoms with Crippen molar-refractivity contribution in [3.8, 4) is 0 Å². The fraction of sp³-hybridized carbons (Fsp3) is 0.462. The summed E-state index contributed by atoms with van der Waals surface area (Å²) in [5, 5.41) is 3.99. The molecule has 1 fully saturated rings. The van der Waals surface area contributed by atoms with Crippen LogP contribution in [0.2, 0.25) is 5.02 Å². The number of benzene rings is 1. The van der Waals surface area contributed by atoms with Crippen LogP contribution < -0.4 is 5.32 Å². The molecular weight excluding hydrogens is 268 g/mol. The molecule has 1 aromatic rings. The van der Waals surface area contributed by atoms with Gasteiger partial charge in [-0.2, -0.15) is 0 Å². The van der Waals surface area contributed by atoms with E-state index < -0.39 is 0 Å². The van der Waals surface area contributed by atoms with E-state index in [4.69, 9.17) is 11.6 Å². The van der Waals surface area contributed by atoms with Gasteiger partial charge >= 0.3 is 0 Å². The van der Waals surface area contributed by atoms with Crippen molar-refractivity contribution in [2.45, 2.75) is 17.4 Å². The van der Waals surface area contributed by atoms with Gasteiger partial charge in [0.25, 0.3) is 0 Å². The Morgan fingerprint density at radius 2 is 2.22 bits per heavy atom. The largest absolute Gasteiger partial charge is 0.341 e. The summed E-state index contributed by atoms with van der Waals surface area (Å²) in [6.45, 7) is 1.92. The van der Waals surface area contributed by atoms with Crippen molar-refractivity contribution in [2.75, 3.05) is 25.9 Å². The van der Waals surface area contributed by atoms with E-state index in [1.54, 1.807) is 11.8 Å². The van der Waals surface area contributed by atoms with E-state index in [0.29, 0.717) is 11.8 Å². The van der Waals surface area contributed by atoms with Crippen LogP contribution in [0.25, 0.3) is 0 Å². The Balaban J connectivity index is 1.82. The molecule has 1 amide bonds. The van der Waals surface area contributed by atoms with Gasteiger partial charge in [-0.1, -0.05) is 11.6 Å². The fourth-order valence-corrected chi connectivity index (χ4v) is 2.90. The van der Waals surface area contributed by atoms with Crippen LogP contribution in [0.15, 0.2) is 29.2 Å². The number of likely N-dealkylation sites (N-methyl/N-ethyl adjacent to an activating group) is 1. The van der Waals surface area contributed by atoms with E-state index in [1.165, 1.54) is 0 Å². The van der Waals surface area contributed by atoms with Gasteiger partial charge in [0.15, 0.2) is 0 Å². The number of hydrogen-bond acceptors (Lipinski definition) is 3. The lowest BCUT2D eigenvalue weighted by Crippen LogP contribution is -2.39. The van der Waals surface area contributed by atoms with Gasteiger partial charge in [-0.3, -0.25) is 4.79 Å². The molecule has 3 nitrogen and oxygen atoms in total. The minimum atomic E-state index is 0.184. The smallest absolute Gasteiger partial charge is 0.232 e. The highest BCUT2D eigenvalue weighted by molar-refractivity contribution is 8.00. The van der Waals surface area contributed by atoms with Crippen molar-refractivity contribution in [1.82, 2.24) is 10.2 Å². The average molecular weight is 285 g/mol. The molecule has 0 radical (unpaired) electrons. The van der Waals surface area contributed by atoms with E-state index in [9.17, 15) is 4.79 Å². The van der Waals surface area contributed by atoms with Gasteiger partial charge < -0.3 is 10.2 Å². The second kappa shape index (κ2) is 6.45. The quantitative estimate of drug-likeness (QED) is 0.861. The van der Waals surface area contributed by atoms with Crippen LogP contribution in [0.1, 0.15) is 6.42 Å². The Morgan fingerprint density at radius 1 is 1.50 bits per heavy atom. The predicted molar refractivity (Wildman–Crippen MR) is 76.2 cm³/mol. The van der Waals surface area contributed by atoms with Crippen LogP contribution in [-0.4, -0.2) is 42.7 Å². The molecule has 0 aromatic heterocycles. The Kier molecular flexibility index (Phi) is 4.92. The lowest BCUT2D eigenvalue weighted by molar-refractivity contribution is -0.128. The first kappa shape index (κ1) is 13.7. The normalized spacial score (nSPS) is 18.9. The second-order valence-electron chi connectivity index (χ2n) is 4.39. The zero-order valence-corrected chi connectivity index (χ0v) is 11.9. The maximum atomic E-state index is 12.0. The van der Waals surface area contributed by atoms with Crippen molar-refractivity contribution < 1.29 is 4.79 Å². The molecule has 98 valence electrons. The zero-order valence-electron chi connectivity index (χ0n) is 10.4. The molecule has 1 atom stereocenters. The Bertz CT molecular complexity index is 404. The van der Waals surface area contributed by atoms with Crippen LogP contribution in [-0.2, 0) is 4.79 Å². The summed E-state index contributed by atoms with van der Waals surface area (Å²) in [6, 6.07) is 7.93. The minimum Gasteiger partial charge on any atom is -0.341 e. The molecule has 0 bridgehead atoms. The fourth-order valence-electron chi connectivity index (χ4n) is 1.95. The SMILES string of the molecule is CN(C(=O)CSc1ccc(Cl)cc1)C1CCNC1. The van der Waals surface area contributed by atoms with Crippen molar-refractivity contribution in [1.29, 1.82) is 0 Å². The molecule has 1 aromatic carbocycles. The summed E-state index contributed by atoms with van der Waals surface area (Å²) >= 11 is 7.37. The number of nitrogens with one attached hydrogen (secondary N) is 1. The van der Waals surface area contributed by atoms with E-state index in [1.807, 2.05) is 36.2 Å². The first-order valence-corrected chi connectivity index (χ1v) is 7.38. The number of thioether (sulfide) groups is 1. The van der Waals surface area contributed by atoms with Crippen LogP contribution in [0.4, 0.5) is 0 Å². The van der Waals surface area contributed by atoms with Crippen LogP contribution in [0.5, 0.6) is 0 Å². The van der Waals surface area contributed by atoms with Crippen molar-refractivity contribution >= 4 is 29.3 Å². The molecule has 18 heavy (non-hydrogen) atoms. The standard InChI is InChI=1S/C13H17ClN2OS/c1-16(11-6-7-15-8-11)13(17)9-18-12-4-2-10(14)3-5-12/h2-5,11,15H,6-9H2,1H3. The van der Waals surface area contributed by atoms with E-state index in [-0.39, 0.29) is 5.91 Å². The number of nitrogens with zero attached hydrogens (tertiary/aromatic N) is 1. The minimum absolute atomic E-state index is 0.184. The molecule has 1 saturated heterocycles. The van der Waals surface area contributed by atoms with Crippen molar-refractivity contribution in [3.63, 3.8) is 0 Å². The number of carbonyl (C=O) groups is 1. The lowest BCUT2D eigenvalue weighted by atomic mass is 10.2. The molecule has 0 saturated carbocycles. The molecule has 1 heterocycles. The highest BCUT2D eigenvalue weighted by atomic mass is 35.5. The van der Waals surface area contributed by atoms with Crippen LogP contribution in [0, 0.1) is 0 Å². The second-order valence-corrected chi connectivity index (χ2v) is 5.88. The molecule has 1 unspecified atom stereocenters. The molecule has 0 spiro atoms.